The molecule has 1 atom stereocenters. The van der Waals surface area contributed by atoms with Crippen molar-refractivity contribution in [2.75, 3.05) is 0 Å². The molecule has 1 aromatic carbocycles. The Morgan fingerprint density at radius 3 is 2.33 bits per heavy atom. The van der Waals surface area contributed by atoms with Gasteiger partial charge in [0, 0.05) is 6.04 Å². The van der Waals surface area contributed by atoms with Crippen LogP contribution in [0.15, 0.2) is 24.3 Å². The van der Waals surface area contributed by atoms with Crippen LogP contribution >= 0.6 is 0 Å². The van der Waals surface area contributed by atoms with Gasteiger partial charge >= 0.3 is 0 Å². The molecular weight excluding hydrogens is 267 g/mol. The van der Waals surface area contributed by atoms with Crippen LogP contribution < -0.4 is 11.1 Å². The predicted molar refractivity (Wildman–Crippen MR) is 82.3 cm³/mol. The molecule has 0 radical (unpaired) electrons. The van der Waals surface area contributed by atoms with Crippen molar-refractivity contribution in [2.45, 2.75) is 63.5 Å². The molecule has 1 aliphatic carbocycles. The fourth-order valence-electron chi connectivity index (χ4n) is 3.09. The van der Waals surface area contributed by atoms with Crippen molar-refractivity contribution in [2.24, 2.45) is 5.73 Å². The monoisotopic (exact) mass is 292 g/mol. The first kappa shape index (κ1) is 16.0. The van der Waals surface area contributed by atoms with Crippen LogP contribution in [0.3, 0.4) is 0 Å². The van der Waals surface area contributed by atoms with Gasteiger partial charge in [-0.3, -0.25) is 4.79 Å². The number of benzene rings is 1. The summed E-state index contributed by atoms with van der Waals surface area (Å²) in [6, 6.07) is 6.60. The lowest BCUT2D eigenvalue weighted by atomic mass is 9.90. The molecule has 1 aromatic rings. The van der Waals surface area contributed by atoms with Gasteiger partial charge in [-0.05, 0) is 43.9 Å². The van der Waals surface area contributed by atoms with Gasteiger partial charge in [0.2, 0.25) is 5.91 Å². The molecule has 0 spiro atoms. The number of rotatable bonds is 5. The summed E-state index contributed by atoms with van der Waals surface area (Å²) in [6.07, 6.45) is 7.59. The summed E-state index contributed by atoms with van der Waals surface area (Å²) in [4.78, 5) is 11.9. The third-order valence-corrected chi connectivity index (χ3v) is 4.39. The maximum Gasteiger partial charge on any atom is 0.237 e. The largest absolute Gasteiger partial charge is 0.368 e. The quantitative estimate of drug-likeness (QED) is 0.820. The molecule has 1 saturated carbocycles. The molecule has 3 nitrogen and oxygen atoms in total. The van der Waals surface area contributed by atoms with Gasteiger partial charge < -0.3 is 11.1 Å². The first-order chi connectivity index (χ1) is 9.99. The smallest absolute Gasteiger partial charge is 0.237 e. The summed E-state index contributed by atoms with van der Waals surface area (Å²) < 4.78 is 13.0. The van der Waals surface area contributed by atoms with Gasteiger partial charge in [-0.15, -0.1) is 0 Å². The topological polar surface area (TPSA) is 55.1 Å². The SMILES string of the molecule is CC(Cc1ccc(F)cc1)(NC1CCCCCC1)C(N)=O. The number of nitrogens with two attached hydrogens (primary N) is 1. The van der Waals surface area contributed by atoms with Crippen molar-refractivity contribution < 1.29 is 9.18 Å². The zero-order valence-electron chi connectivity index (χ0n) is 12.7. The number of hydrogen-bond donors (Lipinski definition) is 2. The van der Waals surface area contributed by atoms with E-state index in [1.807, 2.05) is 6.92 Å². The Morgan fingerprint density at radius 1 is 1.24 bits per heavy atom. The van der Waals surface area contributed by atoms with E-state index < -0.39 is 5.54 Å². The van der Waals surface area contributed by atoms with Crippen LogP contribution in [0.1, 0.15) is 51.0 Å². The highest BCUT2D eigenvalue weighted by atomic mass is 19.1. The minimum Gasteiger partial charge on any atom is -0.368 e. The highest BCUT2D eigenvalue weighted by molar-refractivity contribution is 5.84. The van der Waals surface area contributed by atoms with Crippen molar-refractivity contribution in [1.29, 1.82) is 0 Å². The van der Waals surface area contributed by atoms with E-state index in [0.29, 0.717) is 12.5 Å². The standard InChI is InChI=1S/C17H25FN2O/c1-17(16(19)21,12-13-8-10-14(18)11-9-13)20-15-6-4-2-3-5-7-15/h8-11,15,20H,2-7,12H2,1H3,(H2,19,21). The van der Waals surface area contributed by atoms with Crippen molar-refractivity contribution >= 4 is 5.91 Å². The molecule has 3 N–H and O–H groups in total. The fraction of sp³-hybridized carbons (Fsp3) is 0.588. The molecule has 1 fully saturated rings. The van der Waals surface area contributed by atoms with E-state index in [1.165, 1.54) is 37.8 Å². The lowest BCUT2D eigenvalue weighted by Crippen LogP contribution is -2.58. The Bertz CT molecular complexity index is 466. The molecule has 4 heteroatoms. The maximum atomic E-state index is 13.0. The van der Waals surface area contributed by atoms with Crippen LogP contribution in [0.5, 0.6) is 0 Å². The van der Waals surface area contributed by atoms with Crippen molar-refractivity contribution in [3.63, 3.8) is 0 Å². The molecule has 0 aromatic heterocycles. The third kappa shape index (κ3) is 4.53. The van der Waals surface area contributed by atoms with Gasteiger partial charge in [-0.1, -0.05) is 37.8 Å². The highest BCUT2D eigenvalue weighted by Crippen LogP contribution is 2.21. The van der Waals surface area contributed by atoms with Gasteiger partial charge in [0.25, 0.3) is 0 Å². The number of carbonyl (C=O) groups is 1. The zero-order chi connectivity index (χ0) is 15.3. The van der Waals surface area contributed by atoms with Gasteiger partial charge in [0.1, 0.15) is 5.82 Å². The Morgan fingerprint density at radius 2 is 1.81 bits per heavy atom. The second kappa shape index (κ2) is 7.03. The number of primary amides is 1. The molecule has 0 bridgehead atoms. The minimum absolute atomic E-state index is 0.267. The van der Waals surface area contributed by atoms with Crippen LogP contribution in [0, 0.1) is 5.82 Å². The average molecular weight is 292 g/mol. The first-order valence-corrected chi connectivity index (χ1v) is 7.82. The highest BCUT2D eigenvalue weighted by Gasteiger charge is 2.33. The second-order valence-corrected chi connectivity index (χ2v) is 6.33. The van der Waals surface area contributed by atoms with Crippen LogP contribution in [-0.2, 0) is 11.2 Å². The Hall–Kier alpha value is -1.42. The second-order valence-electron chi connectivity index (χ2n) is 6.33. The minimum atomic E-state index is -0.785. The fourth-order valence-corrected chi connectivity index (χ4v) is 3.09. The summed E-state index contributed by atoms with van der Waals surface area (Å²) in [5, 5.41) is 3.47. The lowest BCUT2D eigenvalue weighted by molar-refractivity contribution is -0.124. The van der Waals surface area contributed by atoms with Gasteiger partial charge in [0.05, 0.1) is 5.54 Å². The summed E-state index contributed by atoms with van der Waals surface area (Å²) in [7, 11) is 0. The lowest BCUT2D eigenvalue weighted by Gasteiger charge is -2.32. The Kier molecular flexibility index (Phi) is 5.34. The zero-order valence-corrected chi connectivity index (χ0v) is 12.7. The van der Waals surface area contributed by atoms with E-state index in [1.54, 1.807) is 12.1 Å². The van der Waals surface area contributed by atoms with E-state index in [4.69, 9.17) is 5.73 Å². The number of amides is 1. The summed E-state index contributed by atoms with van der Waals surface area (Å²) in [5.74, 6) is -0.618. The van der Waals surface area contributed by atoms with Crippen LogP contribution in [0.2, 0.25) is 0 Å². The van der Waals surface area contributed by atoms with E-state index in [-0.39, 0.29) is 11.7 Å². The van der Waals surface area contributed by atoms with Gasteiger partial charge in [-0.2, -0.15) is 0 Å². The van der Waals surface area contributed by atoms with E-state index in [2.05, 4.69) is 5.32 Å². The predicted octanol–water partition coefficient (Wildman–Crippen LogP) is 2.92. The molecule has 0 heterocycles. The number of halogens is 1. The molecule has 21 heavy (non-hydrogen) atoms. The molecular formula is C17H25FN2O. The summed E-state index contributed by atoms with van der Waals surface area (Å²) in [5.41, 5.74) is 5.76. The van der Waals surface area contributed by atoms with E-state index >= 15 is 0 Å². The molecule has 1 aliphatic rings. The van der Waals surface area contributed by atoms with E-state index in [9.17, 15) is 9.18 Å². The van der Waals surface area contributed by atoms with Crippen molar-refractivity contribution in [3.05, 3.63) is 35.6 Å². The molecule has 1 amide bonds. The molecule has 1 unspecified atom stereocenters. The normalized spacial score (nSPS) is 19.7. The van der Waals surface area contributed by atoms with Crippen LogP contribution in [0.25, 0.3) is 0 Å². The molecule has 2 rings (SSSR count). The maximum absolute atomic E-state index is 13.0. The number of carbonyl (C=O) groups excluding carboxylic acids is 1. The molecule has 0 saturated heterocycles. The molecule has 116 valence electrons. The Labute approximate surface area is 126 Å². The average Bonchev–Trinajstić information content (AvgIpc) is 2.70. The van der Waals surface area contributed by atoms with Crippen molar-refractivity contribution in [3.8, 4) is 0 Å². The number of hydrogen-bond acceptors (Lipinski definition) is 2. The third-order valence-electron chi connectivity index (χ3n) is 4.39. The Balaban J connectivity index is 2.07. The van der Waals surface area contributed by atoms with Crippen molar-refractivity contribution in [1.82, 2.24) is 5.32 Å². The first-order valence-electron chi connectivity index (χ1n) is 7.82. The number of nitrogens with one attached hydrogen (secondary N) is 1. The molecule has 0 aliphatic heterocycles. The van der Waals surface area contributed by atoms with Gasteiger partial charge in [-0.25, -0.2) is 4.39 Å². The summed E-state index contributed by atoms with van der Waals surface area (Å²) in [6.45, 7) is 1.85. The summed E-state index contributed by atoms with van der Waals surface area (Å²) >= 11 is 0. The van der Waals surface area contributed by atoms with Crippen LogP contribution in [0.4, 0.5) is 4.39 Å². The van der Waals surface area contributed by atoms with E-state index in [0.717, 1.165) is 18.4 Å². The van der Waals surface area contributed by atoms with Gasteiger partial charge in [0.15, 0.2) is 0 Å². The van der Waals surface area contributed by atoms with Crippen LogP contribution in [-0.4, -0.2) is 17.5 Å².